The van der Waals surface area contributed by atoms with Crippen molar-refractivity contribution in [3.63, 3.8) is 0 Å². The van der Waals surface area contributed by atoms with E-state index < -0.39 is 5.97 Å². The second-order valence-electron chi connectivity index (χ2n) is 4.16. The van der Waals surface area contributed by atoms with Crippen LogP contribution in [0.2, 0.25) is 0 Å². The van der Waals surface area contributed by atoms with Gasteiger partial charge in [-0.15, -0.1) is 0 Å². The first kappa shape index (κ1) is 14.9. The van der Waals surface area contributed by atoms with Crippen molar-refractivity contribution >= 4 is 34.4 Å². The molecule has 2 aromatic rings. The number of rotatable bonds is 4. The van der Waals surface area contributed by atoms with Crippen molar-refractivity contribution in [3.05, 3.63) is 52.5 Å². The molecule has 21 heavy (non-hydrogen) atoms. The Labute approximate surface area is 126 Å². The summed E-state index contributed by atoms with van der Waals surface area (Å²) in [6, 6.07) is 9.48. The lowest BCUT2D eigenvalue weighted by atomic mass is 10.2. The molecule has 0 saturated carbocycles. The van der Waals surface area contributed by atoms with E-state index in [0.29, 0.717) is 15.7 Å². The molecule has 0 spiro atoms. The number of amides is 1. The summed E-state index contributed by atoms with van der Waals surface area (Å²) < 4.78 is 4.65. The molecule has 1 heterocycles. The van der Waals surface area contributed by atoms with Gasteiger partial charge in [0.2, 0.25) is 5.91 Å². The fourth-order valence-corrected chi connectivity index (χ4v) is 2.50. The van der Waals surface area contributed by atoms with Crippen molar-refractivity contribution in [2.75, 3.05) is 12.4 Å². The number of esters is 1. The zero-order valence-corrected chi connectivity index (χ0v) is 12.4. The van der Waals surface area contributed by atoms with Gasteiger partial charge in [-0.1, -0.05) is 41.7 Å². The maximum absolute atomic E-state index is 11.8. The van der Waals surface area contributed by atoms with Crippen molar-refractivity contribution < 1.29 is 14.3 Å². The van der Waals surface area contributed by atoms with Gasteiger partial charge in [-0.25, -0.2) is 9.78 Å². The van der Waals surface area contributed by atoms with E-state index in [1.807, 2.05) is 30.3 Å². The van der Waals surface area contributed by atoms with Crippen LogP contribution in [0.3, 0.4) is 0 Å². The van der Waals surface area contributed by atoms with Crippen LogP contribution in [0.25, 0.3) is 6.08 Å². The number of ether oxygens (including phenoxy) is 1. The second kappa shape index (κ2) is 6.81. The molecule has 0 saturated heterocycles. The molecule has 1 aromatic heterocycles. The molecule has 1 aromatic carbocycles. The standard InChI is InChI=1S/C15H14N2O3S/c1-10-13(14(19)20-2)21-15(16-10)17-12(18)9-8-11-6-4-3-5-7-11/h3-9H,1-2H3,(H,16,17,18)/b9-8+. The Morgan fingerprint density at radius 3 is 2.67 bits per heavy atom. The third-order valence-electron chi connectivity index (χ3n) is 2.62. The number of nitrogens with one attached hydrogen (secondary N) is 1. The van der Waals surface area contributed by atoms with E-state index in [4.69, 9.17) is 0 Å². The normalized spacial score (nSPS) is 10.6. The molecule has 0 atom stereocenters. The van der Waals surface area contributed by atoms with E-state index in [1.54, 1.807) is 13.0 Å². The van der Waals surface area contributed by atoms with Crippen molar-refractivity contribution in [1.29, 1.82) is 0 Å². The van der Waals surface area contributed by atoms with Crippen molar-refractivity contribution in [1.82, 2.24) is 4.98 Å². The first-order valence-electron chi connectivity index (χ1n) is 6.20. The number of carbonyl (C=O) groups is 2. The van der Waals surface area contributed by atoms with Crippen LogP contribution < -0.4 is 5.32 Å². The molecule has 0 aliphatic rings. The van der Waals surface area contributed by atoms with E-state index in [-0.39, 0.29) is 5.91 Å². The molecule has 1 N–H and O–H groups in total. The molecule has 6 heteroatoms. The summed E-state index contributed by atoms with van der Waals surface area (Å²) in [7, 11) is 1.31. The third-order valence-corrected chi connectivity index (χ3v) is 3.68. The highest BCUT2D eigenvalue weighted by Gasteiger charge is 2.16. The van der Waals surface area contributed by atoms with Gasteiger partial charge in [-0.3, -0.25) is 10.1 Å². The van der Waals surface area contributed by atoms with Gasteiger partial charge >= 0.3 is 5.97 Å². The Morgan fingerprint density at radius 1 is 1.29 bits per heavy atom. The molecule has 0 aliphatic carbocycles. The number of methoxy groups -OCH3 is 1. The summed E-state index contributed by atoms with van der Waals surface area (Å²) in [4.78, 5) is 27.8. The third kappa shape index (κ3) is 4.00. The lowest BCUT2D eigenvalue weighted by Gasteiger charge is -1.96. The molecule has 0 unspecified atom stereocenters. The Hall–Kier alpha value is -2.47. The average Bonchev–Trinajstić information content (AvgIpc) is 2.86. The molecule has 108 valence electrons. The molecule has 2 rings (SSSR count). The first-order chi connectivity index (χ1) is 10.1. The van der Waals surface area contributed by atoms with Crippen LogP contribution in [-0.2, 0) is 9.53 Å². The number of anilines is 1. The molecule has 0 fully saturated rings. The van der Waals surface area contributed by atoms with Gasteiger partial charge in [0.05, 0.1) is 12.8 Å². The quantitative estimate of drug-likeness (QED) is 0.696. The van der Waals surface area contributed by atoms with Crippen LogP contribution in [0, 0.1) is 6.92 Å². The number of benzene rings is 1. The van der Waals surface area contributed by atoms with Gasteiger partial charge < -0.3 is 4.74 Å². The van der Waals surface area contributed by atoms with Crippen molar-refractivity contribution in [2.45, 2.75) is 6.92 Å². The van der Waals surface area contributed by atoms with Gasteiger partial charge in [0.25, 0.3) is 0 Å². The highest BCUT2D eigenvalue weighted by Crippen LogP contribution is 2.23. The summed E-state index contributed by atoms with van der Waals surface area (Å²) in [5.41, 5.74) is 1.47. The average molecular weight is 302 g/mol. The summed E-state index contributed by atoms with van der Waals surface area (Å²) in [5.74, 6) is -0.755. The summed E-state index contributed by atoms with van der Waals surface area (Å²) in [5, 5.41) is 3.00. The fourth-order valence-electron chi connectivity index (χ4n) is 1.62. The minimum absolute atomic E-state index is 0.302. The maximum Gasteiger partial charge on any atom is 0.350 e. The zero-order chi connectivity index (χ0) is 15.2. The van der Waals surface area contributed by atoms with Crippen LogP contribution in [0.1, 0.15) is 20.9 Å². The zero-order valence-electron chi connectivity index (χ0n) is 11.6. The predicted octanol–water partition coefficient (Wildman–Crippen LogP) is 2.89. The highest BCUT2D eigenvalue weighted by atomic mass is 32.1. The van der Waals surface area contributed by atoms with E-state index in [1.165, 1.54) is 13.2 Å². The largest absolute Gasteiger partial charge is 0.465 e. The van der Waals surface area contributed by atoms with Crippen LogP contribution in [0.15, 0.2) is 36.4 Å². The number of carbonyl (C=O) groups excluding carboxylic acids is 2. The van der Waals surface area contributed by atoms with Crippen LogP contribution in [-0.4, -0.2) is 24.0 Å². The van der Waals surface area contributed by atoms with Gasteiger partial charge in [0, 0.05) is 6.08 Å². The molecule has 5 nitrogen and oxygen atoms in total. The number of aryl methyl sites for hydroxylation is 1. The monoisotopic (exact) mass is 302 g/mol. The SMILES string of the molecule is COC(=O)c1sc(NC(=O)/C=C/c2ccccc2)nc1C. The Morgan fingerprint density at radius 2 is 2.00 bits per heavy atom. The van der Waals surface area contributed by atoms with Gasteiger partial charge in [-0.2, -0.15) is 0 Å². The molecule has 0 radical (unpaired) electrons. The number of aromatic nitrogens is 1. The fraction of sp³-hybridized carbons (Fsp3) is 0.133. The van der Waals surface area contributed by atoms with E-state index in [0.717, 1.165) is 16.9 Å². The Kier molecular flexibility index (Phi) is 4.84. The minimum atomic E-state index is -0.453. The van der Waals surface area contributed by atoms with Gasteiger partial charge in [0.15, 0.2) is 5.13 Å². The summed E-state index contributed by atoms with van der Waals surface area (Å²) >= 11 is 1.09. The molecule has 0 bridgehead atoms. The Balaban J connectivity index is 2.03. The lowest BCUT2D eigenvalue weighted by Crippen LogP contribution is -2.07. The van der Waals surface area contributed by atoms with Crippen molar-refractivity contribution in [2.24, 2.45) is 0 Å². The number of thiazole rings is 1. The van der Waals surface area contributed by atoms with Gasteiger partial charge in [0.1, 0.15) is 4.88 Å². The van der Waals surface area contributed by atoms with E-state index in [9.17, 15) is 9.59 Å². The highest BCUT2D eigenvalue weighted by molar-refractivity contribution is 7.17. The van der Waals surface area contributed by atoms with Crippen molar-refractivity contribution in [3.8, 4) is 0 Å². The Bertz CT molecular complexity index is 677. The lowest BCUT2D eigenvalue weighted by molar-refractivity contribution is -0.111. The summed E-state index contributed by atoms with van der Waals surface area (Å²) in [6.45, 7) is 1.69. The predicted molar refractivity (Wildman–Crippen MR) is 82.3 cm³/mol. The van der Waals surface area contributed by atoms with Crippen LogP contribution in [0.4, 0.5) is 5.13 Å². The minimum Gasteiger partial charge on any atom is -0.465 e. The number of nitrogens with zero attached hydrogens (tertiary/aromatic N) is 1. The molecule has 1 amide bonds. The maximum atomic E-state index is 11.8. The molecular weight excluding hydrogens is 288 g/mol. The first-order valence-corrected chi connectivity index (χ1v) is 7.01. The van der Waals surface area contributed by atoms with E-state index >= 15 is 0 Å². The smallest absolute Gasteiger partial charge is 0.350 e. The number of hydrogen-bond donors (Lipinski definition) is 1. The second-order valence-corrected chi connectivity index (χ2v) is 5.16. The van der Waals surface area contributed by atoms with E-state index in [2.05, 4.69) is 15.0 Å². The summed E-state index contributed by atoms with van der Waals surface area (Å²) in [6.07, 6.45) is 3.13. The topological polar surface area (TPSA) is 68.3 Å². The van der Waals surface area contributed by atoms with Gasteiger partial charge in [-0.05, 0) is 18.6 Å². The van der Waals surface area contributed by atoms with Crippen LogP contribution in [0.5, 0.6) is 0 Å². The molecule has 0 aliphatic heterocycles. The molecular formula is C15H14N2O3S. The number of hydrogen-bond acceptors (Lipinski definition) is 5. The van der Waals surface area contributed by atoms with Crippen LogP contribution >= 0.6 is 11.3 Å².